The van der Waals surface area contributed by atoms with Gasteiger partial charge in [-0.3, -0.25) is 5.32 Å². The topological polar surface area (TPSA) is 66.5 Å². The molecule has 1 fully saturated rings. The first-order valence-corrected chi connectivity index (χ1v) is 7.74. The summed E-state index contributed by atoms with van der Waals surface area (Å²) in [4.78, 5) is 4.26. The number of aryl methyl sites for hydroxylation is 1. The average Bonchev–Trinajstić information content (AvgIpc) is 2.82. The van der Waals surface area contributed by atoms with Gasteiger partial charge < -0.3 is 0 Å². The molecule has 2 unspecified atom stereocenters. The lowest BCUT2D eigenvalue weighted by molar-refractivity contribution is 0.304. The summed E-state index contributed by atoms with van der Waals surface area (Å²) in [6.07, 6.45) is 6.73. The Balaban J connectivity index is 2.00. The lowest BCUT2D eigenvalue weighted by Crippen LogP contribution is -2.48. The van der Waals surface area contributed by atoms with Crippen LogP contribution in [0.1, 0.15) is 39.0 Å². The van der Waals surface area contributed by atoms with E-state index in [-0.39, 0.29) is 5.54 Å². The van der Waals surface area contributed by atoms with Gasteiger partial charge in [0.1, 0.15) is 11.9 Å². The van der Waals surface area contributed by atoms with Crippen LogP contribution in [0.15, 0.2) is 11.5 Å². The zero-order chi connectivity index (χ0) is 13.7. The minimum atomic E-state index is -0.343. The van der Waals surface area contributed by atoms with Gasteiger partial charge in [0, 0.05) is 12.3 Å². The molecular weight excluding hydrogens is 258 g/mol. The standard InChI is InChI=1S/C13H21N5S/c1-3-7-16-13(9-14)6-4-5-11(8-13)19-12-15-10-17-18(12)2/h10-11,16H,3-8H2,1-2H3. The van der Waals surface area contributed by atoms with Crippen molar-refractivity contribution in [2.45, 2.75) is 55.0 Å². The highest BCUT2D eigenvalue weighted by molar-refractivity contribution is 7.99. The first-order chi connectivity index (χ1) is 9.19. The Bertz CT molecular complexity index is 452. The van der Waals surface area contributed by atoms with Crippen molar-refractivity contribution in [3.63, 3.8) is 0 Å². The number of nitriles is 1. The summed E-state index contributed by atoms with van der Waals surface area (Å²) in [6.45, 7) is 3.04. The number of nitrogens with zero attached hydrogens (tertiary/aromatic N) is 4. The maximum atomic E-state index is 9.51. The summed E-state index contributed by atoms with van der Waals surface area (Å²) in [5.41, 5.74) is -0.343. The fourth-order valence-electron chi connectivity index (χ4n) is 2.53. The van der Waals surface area contributed by atoms with E-state index in [9.17, 15) is 5.26 Å². The molecule has 19 heavy (non-hydrogen) atoms. The lowest BCUT2D eigenvalue weighted by atomic mass is 9.82. The number of rotatable bonds is 5. The molecule has 1 aliphatic carbocycles. The van der Waals surface area contributed by atoms with Gasteiger partial charge in [-0.1, -0.05) is 18.7 Å². The van der Waals surface area contributed by atoms with Crippen LogP contribution in [-0.2, 0) is 7.05 Å². The molecule has 0 amide bonds. The second kappa shape index (κ2) is 6.40. The monoisotopic (exact) mass is 279 g/mol. The van der Waals surface area contributed by atoms with Crippen LogP contribution in [0.5, 0.6) is 0 Å². The van der Waals surface area contributed by atoms with E-state index in [1.54, 1.807) is 22.8 Å². The van der Waals surface area contributed by atoms with Gasteiger partial charge in [0.2, 0.25) is 0 Å². The van der Waals surface area contributed by atoms with Crippen molar-refractivity contribution >= 4 is 11.8 Å². The zero-order valence-electron chi connectivity index (χ0n) is 11.6. The number of hydrogen-bond donors (Lipinski definition) is 1. The van der Waals surface area contributed by atoms with Crippen molar-refractivity contribution in [1.29, 1.82) is 5.26 Å². The molecular formula is C13H21N5S. The Hall–Kier alpha value is -1.06. The van der Waals surface area contributed by atoms with Gasteiger partial charge in [-0.15, -0.1) is 0 Å². The summed E-state index contributed by atoms with van der Waals surface area (Å²) < 4.78 is 1.80. The van der Waals surface area contributed by atoms with Gasteiger partial charge in [0.05, 0.1) is 6.07 Å². The Morgan fingerprint density at radius 2 is 2.53 bits per heavy atom. The zero-order valence-corrected chi connectivity index (χ0v) is 12.4. The molecule has 0 aliphatic heterocycles. The summed E-state index contributed by atoms with van der Waals surface area (Å²) in [5.74, 6) is 0. The molecule has 6 heteroatoms. The Morgan fingerprint density at radius 3 is 3.16 bits per heavy atom. The molecule has 0 bridgehead atoms. The van der Waals surface area contributed by atoms with Crippen molar-refractivity contribution < 1.29 is 0 Å². The quantitative estimate of drug-likeness (QED) is 0.894. The molecule has 5 nitrogen and oxygen atoms in total. The van der Waals surface area contributed by atoms with Crippen LogP contribution < -0.4 is 5.32 Å². The molecule has 0 spiro atoms. The molecule has 1 N–H and O–H groups in total. The molecule has 0 saturated heterocycles. The highest BCUT2D eigenvalue weighted by atomic mass is 32.2. The van der Waals surface area contributed by atoms with E-state index in [4.69, 9.17) is 0 Å². The third-order valence-corrected chi connectivity index (χ3v) is 4.89. The maximum Gasteiger partial charge on any atom is 0.186 e. The highest BCUT2D eigenvalue weighted by Gasteiger charge is 2.36. The van der Waals surface area contributed by atoms with Gasteiger partial charge in [-0.25, -0.2) is 9.67 Å². The molecule has 1 aliphatic rings. The van der Waals surface area contributed by atoms with Gasteiger partial charge >= 0.3 is 0 Å². The van der Waals surface area contributed by atoms with E-state index in [0.29, 0.717) is 5.25 Å². The molecule has 1 aromatic rings. The fourth-order valence-corrected chi connectivity index (χ4v) is 3.79. The van der Waals surface area contributed by atoms with Crippen LogP contribution in [0.25, 0.3) is 0 Å². The van der Waals surface area contributed by atoms with Crippen LogP contribution in [0.3, 0.4) is 0 Å². The van der Waals surface area contributed by atoms with E-state index in [2.05, 4.69) is 28.4 Å². The van der Waals surface area contributed by atoms with Crippen LogP contribution in [0.4, 0.5) is 0 Å². The number of thioether (sulfide) groups is 1. The smallest absolute Gasteiger partial charge is 0.186 e. The van der Waals surface area contributed by atoms with Crippen LogP contribution in [-0.4, -0.2) is 32.1 Å². The van der Waals surface area contributed by atoms with Gasteiger partial charge in [-0.2, -0.15) is 10.4 Å². The van der Waals surface area contributed by atoms with E-state index >= 15 is 0 Å². The first-order valence-electron chi connectivity index (χ1n) is 6.86. The third-order valence-electron chi connectivity index (χ3n) is 3.58. The van der Waals surface area contributed by atoms with Gasteiger partial charge in [0.15, 0.2) is 5.16 Å². The Morgan fingerprint density at radius 1 is 1.68 bits per heavy atom. The summed E-state index contributed by atoms with van der Waals surface area (Å²) in [5, 5.41) is 18.4. The van der Waals surface area contributed by atoms with Crippen molar-refractivity contribution in [3.05, 3.63) is 6.33 Å². The molecule has 2 rings (SSSR count). The molecule has 2 atom stereocenters. The lowest BCUT2D eigenvalue weighted by Gasteiger charge is -2.36. The number of aromatic nitrogens is 3. The second-order valence-electron chi connectivity index (χ2n) is 5.12. The SMILES string of the molecule is CCCNC1(C#N)CCCC(Sc2ncnn2C)C1. The molecule has 104 valence electrons. The summed E-state index contributed by atoms with van der Waals surface area (Å²) in [7, 11) is 1.91. The second-order valence-corrected chi connectivity index (χ2v) is 6.39. The minimum Gasteiger partial charge on any atom is -0.299 e. The van der Waals surface area contributed by atoms with E-state index in [0.717, 1.165) is 43.8 Å². The fraction of sp³-hybridized carbons (Fsp3) is 0.769. The Labute approximate surface area is 118 Å². The molecule has 1 aromatic heterocycles. The van der Waals surface area contributed by atoms with E-state index in [1.807, 2.05) is 7.05 Å². The predicted octanol–water partition coefficient (Wildman–Crippen LogP) is 2.11. The van der Waals surface area contributed by atoms with Crippen molar-refractivity contribution in [2.75, 3.05) is 6.54 Å². The van der Waals surface area contributed by atoms with Crippen LogP contribution in [0.2, 0.25) is 0 Å². The van der Waals surface area contributed by atoms with Gasteiger partial charge in [0.25, 0.3) is 0 Å². The molecule has 1 heterocycles. The molecule has 1 saturated carbocycles. The van der Waals surface area contributed by atoms with Crippen molar-refractivity contribution in [2.24, 2.45) is 7.05 Å². The maximum absolute atomic E-state index is 9.51. The largest absolute Gasteiger partial charge is 0.299 e. The predicted molar refractivity (Wildman–Crippen MR) is 75.8 cm³/mol. The van der Waals surface area contributed by atoms with Crippen molar-refractivity contribution in [1.82, 2.24) is 20.1 Å². The van der Waals surface area contributed by atoms with E-state index < -0.39 is 0 Å². The van der Waals surface area contributed by atoms with Gasteiger partial charge in [-0.05, 0) is 38.6 Å². The molecule has 0 radical (unpaired) electrons. The summed E-state index contributed by atoms with van der Waals surface area (Å²) >= 11 is 1.75. The Kier molecular flexibility index (Phi) is 4.83. The van der Waals surface area contributed by atoms with Crippen LogP contribution in [0, 0.1) is 11.3 Å². The third kappa shape index (κ3) is 3.48. The normalized spacial score (nSPS) is 27.1. The number of hydrogen-bond acceptors (Lipinski definition) is 5. The molecule has 0 aromatic carbocycles. The first kappa shape index (κ1) is 14.4. The van der Waals surface area contributed by atoms with Crippen molar-refractivity contribution in [3.8, 4) is 6.07 Å². The van der Waals surface area contributed by atoms with E-state index in [1.165, 1.54) is 0 Å². The average molecular weight is 279 g/mol. The minimum absolute atomic E-state index is 0.343. The van der Waals surface area contributed by atoms with Crippen LogP contribution >= 0.6 is 11.8 Å². The number of nitrogens with one attached hydrogen (secondary N) is 1. The summed E-state index contributed by atoms with van der Waals surface area (Å²) in [6, 6.07) is 2.51. The highest BCUT2D eigenvalue weighted by Crippen LogP contribution is 2.37.